The molecule has 1 unspecified atom stereocenters. The van der Waals surface area contributed by atoms with Gasteiger partial charge in [0.2, 0.25) is 0 Å². The number of hydrogen-bond donors (Lipinski definition) is 1. The summed E-state index contributed by atoms with van der Waals surface area (Å²) >= 11 is 5.85. The third-order valence-electron chi connectivity index (χ3n) is 3.22. The van der Waals surface area contributed by atoms with Crippen LogP contribution in [0.25, 0.3) is 0 Å². The Bertz CT molecular complexity index is 517. The van der Waals surface area contributed by atoms with E-state index in [1.165, 1.54) is 0 Å². The average molecular weight is 265 g/mol. The van der Waals surface area contributed by atoms with Gasteiger partial charge in [0.15, 0.2) is 0 Å². The molecule has 1 aromatic heterocycles. The van der Waals surface area contributed by atoms with Crippen molar-refractivity contribution in [1.82, 2.24) is 9.55 Å². The molecule has 2 aromatic rings. The molecule has 18 heavy (non-hydrogen) atoms. The van der Waals surface area contributed by atoms with Crippen LogP contribution in [0.1, 0.15) is 24.7 Å². The Morgan fingerprint density at radius 1 is 1.33 bits per heavy atom. The number of benzene rings is 1. The number of aryl methyl sites for hydroxylation is 2. The molecule has 0 fully saturated rings. The Hall–Kier alpha value is -1.32. The number of halogens is 1. The molecular formula is C14H17ClN2O. The number of hydrogen-bond acceptors (Lipinski definition) is 2. The van der Waals surface area contributed by atoms with E-state index in [1.807, 2.05) is 36.9 Å². The van der Waals surface area contributed by atoms with Crippen LogP contribution >= 0.6 is 11.6 Å². The van der Waals surface area contributed by atoms with Crippen LogP contribution in [0.3, 0.4) is 0 Å². The van der Waals surface area contributed by atoms with Crippen molar-refractivity contribution in [1.29, 1.82) is 0 Å². The first-order valence-corrected chi connectivity index (χ1v) is 6.31. The van der Waals surface area contributed by atoms with Gasteiger partial charge in [0.1, 0.15) is 5.82 Å². The lowest BCUT2D eigenvalue weighted by molar-refractivity contribution is 0.0473. The fourth-order valence-corrected chi connectivity index (χ4v) is 2.07. The van der Waals surface area contributed by atoms with Crippen molar-refractivity contribution in [2.45, 2.75) is 25.4 Å². The zero-order valence-electron chi connectivity index (χ0n) is 10.6. The second-order valence-corrected chi connectivity index (χ2v) is 5.17. The molecule has 1 N–H and O–H groups in total. The maximum absolute atomic E-state index is 10.5. The van der Waals surface area contributed by atoms with Crippen molar-refractivity contribution in [3.63, 3.8) is 0 Å². The maximum Gasteiger partial charge on any atom is 0.108 e. The SMILES string of the molecule is Cn1ccnc1CCC(C)(O)c1ccc(Cl)cc1. The number of imidazole rings is 1. The molecule has 0 radical (unpaired) electrons. The minimum atomic E-state index is -0.865. The molecule has 1 aromatic carbocycles. The standard InChI is InChI=1S/C14H17ClN2O/c1-14(18,11-3-5-12(15)6-4-11)8-7-13-16-9-10-17(13)2/h3-6,9-10,18H,7-8H2,1-2H3. The predicted molar refractivity (Wildman–Crippen MR) is 72.6 cm³/mol. The zero-order valence-corrected chi connectivity index (χ0v) is 11.4. The summed E-state index contributed by atoms with van der Waals surface area (Å²) in [7, 11) is 1.96. The van der Waals surface area contributed by atoms with E-state index in [4.69, 9.17) is 11.6 Å². The summed E-state index contributed by atoms with van der Waals surface area (Å²) in [5.41, 5.74) is 0.0115. The molecule has 0 aliphatic heterocycles. The first kappa shape index (κ1) is 13.1. The monoisotopic (exact) mass is 264 g/mol. The topological polar surface area (TPSA) is 38.0 Å². The van der Waals surface area contributed by atoms with Gasteiger partial charge in [0.05, 0.1) is 5.60 Å². The number of aliphatic hydroxyl groups is 1. The van der Waals surface area contributed by atoms with Crippen molar-refractivity contribution in [3.8, 4) is 0 Å². The summed E-state index contributed by atoms with van der Waals surface area (Å²) in [6, 6.07) is 7.32. The van der Waals surface area contributed by atoms with E-state index in [2.05, 4.69) is 4.98 Å². The Balaban J connectivity index is 2.07. The van der Waals surface area contributed by atoms with Crippen molar-refractivity contribution in [2.75, 3.05) is 0 Å². The smallest absolute Gasteiger partial charge is 0.108 e. The highest BCUT2D eigenvalue weighted by Gasteiger charge is 2.23. The summed E-state index contributed by atoms with van der Waals surface area (Å²) in [5.74, 6) is 0.976. The van der Waals surface area contributed by atoms with E-state index in [0.717, 1.165) is 17.8 Å². The van der Waals surface area contributed by atoms with Gasteiger partial charge in [-0.25, -0.2) is 4.98 Å². The van der Waals surface area contributed by atoms with E-state index in [1.54, 1.807) is 18.3 Å². The van der Waals surface area contributed by atoms with Gasteiger partial charge in [0.25, 0.3) is 0 Å². The molecule has 1 atom stereocenters. The van der Waals surface area contributed by atoms with Crippen molar-refractivity contribution in [2.24, 2.45) is 7.05 Å². The molecule has 3 nitrogen and oxygen atoms in total. The minimum Gasteiger partial charge on any atom is -0.385 e. The van der Waals surface area contributed by atoms with E-state index < -0.39 is 5.60 Å². The first-order valence-electron chi connectivity index (χ1n) is 5.94. The molecule has 0 saturated carbocycles. The lowest BCUT2D eigenvalue weighted by Crippen LogP contribution is -2.22. The van der Waals surface area contributed by atoms with Gasteiger partial charge in [-0.1, -0.05) is 23.7 Å². The molecule has 0 saturated heterocycles. The van der Waals surface area contributed by atoms with Crippen LogP contribution in [0, 0.1) is 0 Å². The van der Waals surface area contributed by atoms with Gasteiger partial charge in [-0.15, -0.1) is 0 Å². The molecule has 0 aliphatic rings. The Morgan fingerprint density at radius 2 is 2.00 bits per heavy atom. The van der Waals surface area contributed by atoms with E-state index in [0.29, 0.717) is 11.4 Å². The van der Waals surface area contributed by atoms with Crippen molar-refractivity contribution < 1.29 is 5.11 Å². The fraction of sp³-hybridized carbons (Fsp3) is 0.357. The summed E-state index contributed by atoms with van der Waals surface area (Å²) < 4.78 is 1.97. The van der Waals surface area contributed by atoms with Gasteiger partial charge >= 0.3 is 0 Å². The third kappa shape index (κ3) is 2.92. The first-order chi connectivity index (χ1) is 8.49. The molecular weight excluding hydrogens is 248 g/mol. The number of rotatable bonds is 4. The van der Waals surface area contributed by atoms with Gasteiger partial charge < -0.3 is 9.67 Å². The number of aromatic nitrogens is 2. The molecule has 0 spiro atoms. The van der Waals surface area contributed by atoms with Crippen LogP contribution in [0.15, 0.2) is 36.7 Å². The van der Waals surface area contributed by atoms with Crippen LogP contribution in [0.4, 0.5) is 0 Å². The summed E-state index contributed by atoms with van der Waals surface area (Å²) in [6.07, 6.45) is 5.04. The molecule has 2 rings (SSSR count). The summed E-state index contributed by atoms with van der Waals surface area (Å²) in [6.45, 7) is 1.82. The highest BCUT2D eigenvalue weighted by molar-refractivity contribution is 6.30. The highest BCUT2D eigenvalue weighted by Crippen LogP contribution is 2.26. The Morgan fingerprint density at radius 3 is 2.56 bits per heavy atom. The van der Waals surface area contributed by atoms with Crippen LogP contribution < -0.4 is 0 Å². The normalized spacial score (nSPS) is 14.4. The fourth-order valence-electron chi connectivity index (χ4n) is 1.95. The van der Waals surface area contributed by atoms with Crippen LogP contribution in [-0.4, -0.2) is 14.7 Å². The van der Waals surface area contributed by atoms with Crippen molar-refractivity contribution >= 4 is 11.6 Å². The van der Waals surface area contributed by atoms with Crippen molar-refractivity contribution in [3.05, 3.63) is 53.1 Å². The molecule has 0 bridgehead atoms. The molecule has 0 aliphatic carbocycles. The summed E-state index contributed by atoms with van der Waals surface area (Å²) in [5, 5.41) is 11.2. The Kier molecular flexibility index (Phi) is 3.73. The van der Waals surface area contributed by atoms with Gasteiger partial charge in [-0.3, -0.25) is 0 Å². The van der Waals surface area contributed by atoms with Crippen LogP contribution in [0.5, 0.6) is 0 Å². The van der Waals surface area contributed by atoms with Crippen LogP contribution in [-0.2, 0) is 19.1 Å². The Labute approximate surface area is 112 Å². The van der Waals surface area contributed by atoms with Gasteiger partial charge in [-0.05, 0) is 31.0 Å². The van der Waals surface area contributed by atoms with E-state index in [9.17, 15) is 5.11 Å². The van der Waals surface area contributed by atoms with Gasteiger partial charge in [-0.2, -0.15) is 0 Å². The maximum atomic E-state index is 10.5. The second kappa shape index (κ2) is 5.12. The van der Waals surface area contributed by atoms with E-state index >= 15 is 0 Å². The highest BCUT2D eigenvalue weighted by atomic mass is 35.5. The minimum absolute atomic E-state index is 0.624. The predicted octanol–water partition coefficient (Wildman–Crippen LogP) is 2.91. The average Bonchev–Trinajstić information content (AvgIpc) is 2.73. The largest absolute Gasteiger partial charge is 0.385 e. The third-order valence-corrected chi connectivity index (χ3v) is 3.47. The zero-order chi connectivity index (χ0) is 13.2. The molecule has 1 heterocycles. The second-order valence-electron chi connectivity index (χ2n) is 4.74. The van der Waals surface area contributed by atoms with E-state index in [-0.39, 0.29) is 0 Å². The molecule has 0 amide bonds. The molecule has 96 valence electrons. The van der Waals surface area contributed by atoms with Crippen LogP contribution in [0.2, 0.25) is 5.02 Å². The number of nitrogens with zero attached hydrogens (tertiary/aromatic N) is 2. The lowest BCUT2D eigenvalue weighted by atomic mass is 9.91. The lowest BCUT2D eigenvalue weighted by Gasteiger charge is -2.23. The van der Waals surface area contributed by atoms with Gasteiger partial charge in [0, 0.05) is 30.9 Å². The molecule has 4 heteroatoms. The quantitative estimate of drug-likeness (QED) is 0.922. The summed E-state index contributed by atoms with van der Waals surface area (Å²) in [4.78, 5) is 4.26.